The summed E-state index contributed by atoms with van der Waals surface area (Å²) >= 11 is -5.21. The zero-order valence-corrected chi connectivity index (χ0v) is 40.3. The van der Waals surface area contributed by atoms with Crippen molar-refractivity contribution in [3.63, 3.8) is 0 Å². The van der Waals surface area contributed by atoms with Gasteiger partial charge in [0, 0.05) is 0 Å². The second kappa shape index (κ2) is 16.6. The molecule has 0 aliphatic heterocycles. The number of hydrogen-bond acceptors (Lipinski definition) is 0. The topological polar surface area (TPSA) is 0 Å². The molecule has 0 heterocycles. The van der Waals surface area contributed by atoms with Gasteiger partial charge in [-0.15, -0.1) is 0 Å². The molecule has 0 N–H and O–H groups in total. The summed E-state index contributed by atoms with van der Waals surface area (Å²) in [4.78, 5) is 0. The van der Waals surface area contributed by atoms with E-state index in [9.17, 15) is 0 Å². The SMILES string of the molecule is C[SiH](C)[Zr]([Cl])([Cl])([CH]1C(c2ccccc2)=Cc2c(-c3ccc(C4CCCCC4)cc3)cccc21)[CH]1C(c2ccccc2)=Cc2c(-c3ccc(C4CCCCC4)cc3)cccc21. The van der Waals surface area contributed by atoms with Crippen molar-refractivity contribution in [2.75, 3.05) is 0 Å². The molecule has 10 rings (SSSR count). The maximum absolute atomic E-state index is 9.05. The van der Waals surface area contributed by atoms with Crippen LogP contribution < -0.4 is 0 Å². The predicted octanol–water partition coefficient (Wildman–Crippen LogP) is 17.0. The van der Waals surface area contributed by atoms with Crippen LogP contribution in [0.3, 0.4) is 0 Å². The zero-order chi connectivity index (χ0) is 40.9. The van der Waals surface area contributed by atoms with Crippen molar-refractivity contribution in [1.82, 2.24) is 0 Å². The Morgan fingerprint density at radius 2 is 0.800 bits per heavy atom. The first-order chi connectivity index (χ1) is 29.3. The standard InChI is InChI=1S/2C27H25.C2H7Si.2ClH.Zr/c2*1-3-8-20(9-4-1)22-14-16-23(17-15-22)26-13-7-12-24-18-25(19-27(24)26)21-10-5-2-6-11-21;1-3-2;;;/h2*2,5-7,10-20H,1,3-4,8-9H2;3H,1-2H3;2*1H;/q;;;;;+2/p-2. The second-order valence-corrected chi connectivity index (χ2v) is 61.2. The van der Waals surface area contributed by atoms with Crippen molar-refractivity contribution in [3.8, 4) is 22.3 Å². The normalized spacial score (nSPS) is 20.2. The van der Waals surface area contributed by atoms with Gasteiger partial charge in [-0.2, -0.15) is 0 Å². The third kappa shape index (κ3) is 7.07. The molecule has 0 bridgehead atoms. The summed E-state index contributed by atoms with van der Waals surface area (Å²) in [6, 6.07) is 55.1. The van der Waals surface area contributed by atoms with Crippen LogP contribution in [0.4, 0.5) is 0 Å². The minimum atomic E-state index is -5.21. The van der Waals surface area contributed by atoms with E-state index >= 15 is 0 Å². The summed E-state index contributed by atoms with van der Waals surface area (Å²) in [5.74, 6) is -0.462. The molecule has 2 saturated carbocycles. The molecule has 4 aliphatic carbocycles. The molecule has 2 atom stereocenters. The first-order valence-corrected chi connectivity index (χ1v) is 39.2. The van der Waals surface area contributed by atoms with Crippen molar-refractivity contribution in [1.29, 1.82) is 0 Å². The third-order valence-electron chi connectivity index (χ3n) is 15.1. The summed E-state index contributed by atoms with van der Waals surface area (Å²) in [6.07, 6.45) is 18.3. The van der Waals surface area contributed by atoms with Gasteiger partial charge in [-0.05, 0) is 0 Å². The van der Waals surface area contributed by atoms with Gasteiger partial charge in [0.15, 0.2) is 0 Å². The van der Waals surface area contributed by atoms with E-state index in [1.807, 2.05) is 0 Å². The van der Waals surface area contributed by atoms with Crippen molar-refractivity contribution < 1.29 is 15.6 Å². The maximum atomic E-state index is 9.05. The zero-order valence-electron chi connectivity index (χ0n) is 35.2. The van der Waals surface area contributed by atoms with Crippen LogP contribution in [0, 0.1) is 0 Å². The molecule has 0 nitrogen and oxygen atoms in total. The molecular formula is C56H57Cl2SiZr. The van der Waals surface area contributed by atoms with E-state index in [-0.39, 0.29) is 7.25 Å². The summed E-state index contributed by atoms with van der Waals surface area (Å²) in [7, 11) is 18.1. The van der Waals surface area contributed by atoms with Gasteiger partial charge in [-0.25, -0.2) is 0 Å². The summed E-state index contributed by atoms with van der Waals surface area (Å²) in [5, 5.41) is 0. The van der Waals surface area contributed by atoms with Crippen LogP contribution in [0.2, 0.25) is 13.1 Å². The molecule has 0 amide bonds. The Kier molecular flexibility index (Phi) is 11.2. The molecule has 0 saturated heterocycles. The van der Waals surface area contributed by atoms with Gasteiger partial charge in [0.1, 0.15) is 0 Å². The Balaban J connectivity index is 1.14. The molecule has 2 unspecified atom stereocenters. The van der Waals surface area contributed by atoms with Crippen molar-refractivity contribution in [2.45, 2.75) is 96.4 Å². The van der Waals surface area contributed by atoms with Gasteiger partial charge >= 0.3 is 371 Å². The Bertz CT molecular complexity index is 2380. The van der Waals surface area contributed by atoms with E-state index < -0.39 is 21.5 Å². The molecule has 60 heavy (non-hydrogen) atoms. The Hall–Kier alpha value is -3.52. The van der Waals surface area contributed by atoms with Crippen LogP contribution in [0.25, 0.3) is 45.6 Å². The Morgan fingerprint density at radius 3 is 1.17 bits per heavy atom. The summed E-state index contributed by atoms with van der Waals surface area (Å²) in [6.45, 7) is 4.93. The number of allylic oxidation sites excluding steroid dienone is 2. The molecular weight excluding hydrogens is 863 g/mol. The van der Waals surface area contributed by atoms with E-state index in [2.05, 4.69) is 171 Å². The number of rotatable bonds is 9. The van der Waals surface area contributed by atoms with Crippen LogP contribution in [-0.2, 0) is 15.6 Å². The second-order valence-electron chi connectivity index (χ2n) is 18.7. The van der Waals surface area contributed by atoms with Crippen molar-refractivity contribution in [3.05, 3.63) is 190 Å². The fraction of sp³-hybridized carbons (Fsp3) is 0.286. The molecule has 2 fully saturated rings. The van der Waals surface area contributed by atoms with E-state index in [1.165, 1.54) is 142 Å². The monoisotopic (exact) mass is 917 g/mol. The molecule has 4 aliphatic rings. The molecule has 6 aromatic carbocycles. The van der Waals surface area contributed by atoms with Crippen LogP contribution in [0.15, 0.2) is 146 Å². The fourth-order valence-corrected chi connectivity index (χ4v) is 41.9. The van der Waals surface area contributed by atoms with E-state index in [4.69, 9.17) is 17.0 Å². The van der Waals surface area contributed by atoms with Gasteiger partial charge in [0.05, 0.1) is 0 Å². The Morgan fingerprint density at radius 1 is 0.417 bits per heavy atom. The predicted molar refractivity (Wildman–Crippen MR) is 260 cm³/mol. The van der Waals surface area contributed by atoms with E-state index in [1.54, 1.807) is 0 Å². The molecule has 4 heteroatoms. The van der Waals surface area contributed by atoms with Gasteiger partial charge in [0.25, 0.3) is 0 Å². The van der Waals surface area contributed by atoms with Gasteiger partial charge < -0.3 is 0 Å². The molecule has 0 aromatic heterocycles. The van der Waals surface area contributed by atoms with Gasteiger partial charge in [-0.3, -0.25) is 0 Å². The summed E-state index contributed by atoms with van der Waals surface area (Å²) < 4.78 is -0.136. The van der Waals surface area contributed by atoms with Gasteiger partial charge in [-0.1, -0.05) is 0 Å². The van der Waals surface area contributed by atoms with E-state index in [0.29, 0.717) is 11.8 Å². The first kappa shape index (κ1) is 40.5. The van der Waals surface area contributed by atoms with Crippen molar-refractivity contribution >= 4 is 46.2 Å². The molecule has 0 radical (unpaired) electrons. The average molecular weight is 920 g/mol. The van der Waals surface area contributed by atoms with Crippen molar-refractivity contribution in [2.24, 2.45) is 0 Å². The molecule has 0 spiro atoms. The number of benzene rings is 6. The molecule has 303 valence electrons. The fourth-order valence-electron chi connectivity index (χ4n) is 11.8. The van der Waals surface area contributed by atoms with Gasteiger partial charge in [0.2, 0.25) is 0 Å². The number of hydrogen-bond donors (Lipinski definition) is 0. The molecule has 6 aromatic rings. The van der Waals surface area contributed by atoms with Crippen LogP contribution >= 0.6 is 17.0 Å². The van der Waals surface area contributed by atoms with Crippen LogP contribution in [0.1, 0.15) is 128 Å². The van der Waals surface area contributed by atoms with Crippen LogP contribution in [-0.4, -0.2) is 5.92 Å². The number of halogens is 2. The quantitative estimate of drug-likeness (QED) is 0.127. The average Bonchev–Trinajstić information content (AvgIpc) is 3.92. The first-order valence-electron chi connectivity index (χ1n) is 22.9. The third-order valence-corrected chi connectivity index (χ3v) is 66.7. The van der Waals surface area contributed by atoms with Crippen LogP contribution in [0.5, 0.6) is 0 Å². The van der Waals surface area contributed by atoms with E-state index in [0.717, 1.165) is 0 Å². The summed E-state index contributed by atoms with van der Waals surface area (Å²) in [5.41, 5.74) is 18.3. The Labute approximate surface area is 367 Å². The minimum absolute atomic E-state index is 0.0678. The number of fused-ring (bicyclic) bond motifs is 2.